The first-order valence-electron chi connectivity index (χ1n) is 5.37. The lowest BCUT2D eigenvalue weighted by Crippen LogP contribution is -2.35. The largest absolute Gasteiger partial charge is 0.382 e. The van der Waals surface area contributed by atoms with E-state index in [-0.39, 0.29) is 0 Å². The number of nitrogens with one attached hydrogen (secondary N) is 2. The monoisotopic (exact) mass is 239 g/mol. The fraction of sp³-hybridized carbons (Fsp3) is 0.455. The van der Waals surface area contributed by atoms with Gasteiger partial charge in [-0.3, -0.25) is 4.79 Å². The topological polar surface area (TPSA) is 54.0 Å². The molecule has 0 aromatic carbocycles. The number of halogens is 1. The first-order valence-corrected chi connectivity index (χ1v) is 5.75. The van der Waals surface area contributed by atoms with Crippen LogP contribution in [0.1, 0.15) is 23.2 Å². The summed E-state index contributed by atoms with van der Waals surface area (Å²) in [4.78, 5) is 14.7. The quantitative estimate of drug-likeness (QED) is 0.623. The standard InChI is InChI=1S/C11H14ClN3O/c12-11-5-10(8(7-16)6-14-11)15-9-1-3-13-4-2-9/h5-7,9,13H,1-4H2,(H,14,15). The Morgan fingerprint density at radius 2 is 2.25 bits per heavy atom. The maximum absolute atomic E-state index is 10.8. The van der Waals surface area contributed by atoms with E-state index in [1.54, 1.807) is 6.07 Å². The van der Waals surface area contributed by atoms with Crippen molar-refractivity contribution < 1.29 is 4.79 Å². The van der Waals surface area contributed by atoms with E-state index in [9.17, 15) is 4.79 Å². The van der Waals surface area contributed by atoms with Crippen LogP contribution in [-0.2, 0) is 0 Å². The number of nitrogens with zero attached hydrogens (tertiary/aromatic N) is 1. The minimum Gasteiger partial charge on any atom is -0.382 e. The van der Waals surface area contributed by atoms with Crippen LogP contribution >= 0.6 is 11.6 Å². The summed E-state index contributed by atoms with van der Waals surface area (Å²) >= 11 is 5.81. The number of pyridine rings is 1. The molecule has 1 fully saturated rings. The molecule has 0 radical (unpaired) electrons. The summed E-state index contributed by atoms with van der Waals surface area (Å²) < 4.78 is 0. The summed E-state index contributed by atoms with van der Waals surface area (Å²) in [6.45, 7) is 2.01. The van der Waals surface area contributed by atoms with Gasteiger partial charge in [0, 0.05) is 17.9 Å². The van der Waals surface area contributed by atoms with Crippen LogP contribution in [0.25, 0.3) is 0 Å². The number of aromatic nitrogens is 1. The van der Waals surface area contributed by atoms with Crippen molar-refractivity contribution in [2.75, 3.05) is 18.4 Å². The van der Waals surface area contributed by atoms with Crippen molar-refractivity contribution in [2.24, 2.45) is 0 Å². The van der Waals surface area contributed by atoms with Crippen molar-refractivity contribution in [3.8, 4) is 0 Å². The Morgan fingerprint density at radius 1 is 1.50 bits per heavy atom. The van der Waals surface area contributed by atoms with E-state index in [4.69, 9.17) is 11.6 Å². The summed E-state index contributed by atoms with van der Waals surface area (Å²) in [5, 5.41) is 7.04. The van der Waals surface area contributed by atoms with Crippen LogP contribution in [0.3, 0.4) is 0 Å². The number of carbonyl (C=O) groups is 1. The molecule has 86 valence electrons. The zero-order chi connectivity index (χ0) is 11.4. The van der Waals surface area contributed by atoms with Gasteiger partial charge in [-0.2, -0.15) is 0 Å². The van der Waals surface area contributed by atoms with E-state index < -0.39 is 0 Å². The molecule has 0 unspecified atom stereocenters. The third-order valence-electron chi connectivity index (χ3n) is 2.73. The fourth-order valence-electron chi connectivity index (χ4n) is 1.85. The van der Waals surface area contributed by atoms with Gasteiger partial charge in [-0.1, -0.05) is 11.6 Å². The van der Waals surface area contributed by atoms with Crippen LogP contribution in [0.2, 0.25) is 5.15 Å². The highest BCUT2D eigenvalue weighted by molar-refractivity contribution is 6.29. The van der Waals surface area contributed by atoms with Crippen LogP contribution in [0.15, 0.2) is 12.3 Å². The van der Waals surface area contributed by atoms with E-state index in [0.717, 1.165) is 37.9 Å². The summed E-state index contributed by atoms with van der Waals surface area (Å²) in [6, 6.07) is 2.10. The molecular weight excluding hydrogens is 226 g/mol. The fourth-order valence-corrected chi connectivity index (χ4v) is 2.00. The SMILES string of the molecule is O=Cc1cnc(Cl)cc1NC1CCNCC1. The van der Waals surface area contributed by atoms with Crippen molar-refractivity contribution in [3.63, 3.8) is 0 Å². The minimum absolute atomic E-state index is 0.401. The Kier molecular flexibility index (Phi) is 3.74. The Balaban J connectivity index is 2.12. The smallest absolute Gasteiger partial charge is 0.153 e. The lowest BCUT2D eigenvalue weighted by Gasteiger charge is -2.25. The van der Waals surface area contributed by atoms with Crippen molar-refractivity contribution >= 4 is 23.6 Å². The summed E-state index contributed by atoms with van der Waals surface area (Å²) in [5.41, 5.74) is 1.34. The molecule has 0 atom stereocenters. The van der Waals surface area contributed by atoms with Crippen LogP contribution < -0.4 is 10.6 Å². The van der Waals surface area contributed by atoms with Crippen molar-refractivity contribution in [3.05, 3.63) is 23.0 Å². The van der Waals surface area contributed by atoms with Crippen LogP contribution in [0.4, 0.5) is 5.69 Å². The van der Waals surface area contributed by atoms with Gasteiger partial charge in [0.2, 0.25) is 0 Å². The molecule has 0 saturated carbocycles. The van der Waals surface area contributed by atoms with Gasteiger partial charge in [0.05, 0.1) is 5.56 Å². The number of aldehydes is 1. The van der Waals surface area contributed by atoms with Crippen molar-refractivity contribution in [1.82, 2.24) is 10.3 Å². The number of anilines is 1. The maximum Gasteiger partial charge on any atom is 0.153 e. The van der Waals surface area contributed by atoms with Gasteiger partial charge in [0.25, 0.3) is 0 Å². The molecule has 0 spiro atoms. The zero-order valence-corrected chi connectivity index (χ0v) is 9.63. The summed E-state index contributed by atoms with van der Waals surface area (Å²) in [7, 11) is 0. The predicted molar refractivity (Wildman–Crippen MR) is 64.1 cm³/mol. The second-order valence-corrected chi connectivity index (χ2v) is 4.27. The van der Waals surface area contributed by atoms with Gasteiger partial charge >= 0.3 is 0 Å². The molecule has 0 aliphatic carbocycles. The molecule has 1 aliphatic rings. The molecule has 0 bridgehead atoms. The number of piperidine rings is 1. The molecule has 4 nitrogen and oxygen atoms in total. The average molecular weight is 240 g/mol. The van der Waals surface area contributed by atoms with E-state index in [1.807, 2.05) is 0 Å². The van der Waals surface area contributed by atoms with Gasteiger partial charge in [-0.15, -0.1) is 0 Å². The van der Waals surface area contributed by atoms with E-state index >= 15 is 0 Å². The number of hydrogen-bond donors (Lipinski definition) is 2. The molecule has 2 heterocycles. The highest BCUT2D eigenvalue weighted by Crippen LogP contribution is 2.20. The number of hydrogen-bond acceptors (Lipinski definition) is 4. The molecule has 1 aromatic heterocycles. The second-order valence-electron chi connectivity index (χ2n) is 3.88. The van der Waals surface area contributed by atoms with Gasteiger partial charge in [-0.05, 0) is 32.0 Å². The number of carbonyl (C=O) groups excluding carboxylic acids is 1. The van der Waals surface area contributed by atoms with E-state index in [2.05, 4.69) is 15.6 Å². The van der Waals surface area contributed by atoms with Gasteiger partial charge in [0.1, 0.15) is 5.15 Å². The molecule has 5 heteroatoms. The lowest BCUT2D eigenvalue weighted by molar-refractivity contribution is 0.112. The lowest BCUT2D eigenvalue weighted by atomic mass is 10.1. The Labute approximate surface area is 99.4 Å². The molecular formula is C11H14ClN3O. The first kappa shape index (κ1) is 11.4. The summed E-state index contributed by atoms with van der Waals surface area (Å²) in [6.07, 6.45) is 4.40. The highest BCUT2D eigenvalue weighted by atomic mass is 35.5. The van der Waals surface area contributed by atoms with Crippen molar-refractivity contribution in [2.45, 2.75) is 18.9 Å². The van der Waals surface area contributed by atoms with Gasteiger partial charge in [0.15, 0.2) is 6.29 Å². The normalized spacial score (nSPS) is 17.1. The molecule has 2 rings (SSSR count). The number of rotatable bonds is 3. The molecule has 0 amide bonds. The van der Waals surface area contributed by atoms with Crippen molar-refractivity contribution in [1.29, 1.82) is 0 Å². The average Bonchev–Trinajstić information content (AvgIpc) is 2.31. The van der Waals surface area contributed by atoms with E-state index in [0.29, 0.717) is 16.8 Å². The first-order chi connectivity index (χ1) is 7.79. The Morgan fingerprint density at radius 3 is 2.94 bits per heavy atom. The molecule has 2 N–H and O–H groups in total. The van der Waals surface area contributed by atoms with E-state index in [1.165, 1.54) is 6.20 Å². The Hall–Kier alpha value is -1.13. The molecule has 1 saturated heterocycles. The van der Waals surface area contributed by atoms with Crippen LogP contribution in [0.5, 0.6) is 0 Å². The minimum atomic E-state index is 0.401. The van der Waals surface area contributed by atoms with Gasteiger partial charge < -0.3 is 10.6 Å². The second kappa shape index (κ2) is 5.27. The summed E-state index contributed by atoms with van der Waals surface area (Å²) in [5.74, 6) is 0. The molecule has 16 heavy (non-hydrogen) atoms. The van der Waals surface area contributed by atoms with Crippen LogP contribution in [0, 0.1) is 0 Å². The third-order valence-corrected chi connectivity index (χ3v) is 2.93. The van der Waals surface area contributed by atoms with Crippen LogP contribution in [-0.4, -0.2) is 30.4 Å². The molecule has 1 aromatic rings. The zero-order valence-electron chi connectivity index (χ0n) is 8.87. The Bertz CT molecular complexity index is 377. The maximum atomic E-state index is 10.8. The predicted octanol–water partition coefficient (Wildman–Crippen LogP) is 1.71. The highest BCUT2D eigenvalue weighted by Gasteiger charge is 2.14. The third kappa shape index (κ3) is 2.71. The van der Waals surface area contributed by atoms with Gasteiger partial charge in [-0.25, -0.2) is 4.98 Å². The molecule has 1 aliphatic heterocycles.